The molecule has 0 radical (unpaired) electrons. The third-order valence-electron chi connectivity index (χ3n) is 2.58. The van der Waals surface area contributed by atoms with Crippen LogP contribution in [-0.4, -0.2) is 11.4 Å². The molecule has 3 nitrogen and oxygen atoms in total. The van der Waals surface area contributed by atoms with Gasteiger partial charge in [-0.05, 0) is 38.0 Å². The number of carbonyl (C=O) groups is 1. The quantitative estimate of drug-likeness (QED) is 0.877. The molecule has 0 saturated carbocycles. The summed E-state index contributed by atoms with van der Waals surface area (Å²) >= 11 is 3.53. The highest BCUT2D eigenvalue weighted by atomic mass is 79.9. The fourth-order valence-corrected chi connectivity index (χ4v) is 2.26. The number of aryl methyl sites for hydroxylation is 1. The van der Waals surface area contributed by atoms with Crippen LogP contribution >= 0.6 is 15.9 Å². The summed E-state index contributed by atoms with van der Waals surface area (Å²) in [6.07, 6.45) is 0.330. The van der Waals surface area contributed by atoms with E-state index in [4.69, 9.17) is 5.73 Å². The molecule has 4 heteroatoms. The number of amides is 1. The Labute approximate surface area is 111 Å². The Hall–Kier alpha value is -0.870. The zero-order valence-corrected chi connectivity index (χ0v) is 12.1. The predicted molar refractivity (Wildman–Crippen MR) is 73.6 cm³/mol. The maximum atomic E-state index is 10.9. The lowest BCUT2D eigenvalue weighted by Crippen LogP contribution is -2.42. The molecule has 0 bridgehead atoms. The first-order chi connectivity index (χ1) is 7.80. The van der Waals surface area contributed by atoms with Crippen molar-refractivity contribution >= 4 is 21.8 Å². The smallest absolute Gasteiger partial charge is 0.219 e. The van der Waals surface area contributed by atoms with Crippen LogP contribution in [0.2, 0.25) is 0 Å². The molecule has 0 aromatic heterocycles. The van der Waals surface area contributed by atoms with Gasteiger partial charge in [-0.15, -0.1) is 0 Å². The number of rotatable bonds is 5. The van der Waals surface area contributed by atoms with Gasteiger partial charge in [-0.1, -0.05) is 28.1 Å². The molecule has 0 saturated heterocycles. The molecule has 94 valence electrons. The van der Waals surface area contributed by atoms with Crippen molar-refractivity contribution in [3.05, 3.63) is 33.8 Å². The van der Waals surface area contributed by atoms with Crippen molar-refractivity contribution < 1.29 is 4.79 Å². The average Bonchev–Trinajstić information content (AvgIpc) is 2.14. The van der Waals surface area contributed by atoms with Crippen LogP contribution in [0.3, 0.4) is 0 Å². The highest BCUT2D eigenvalue weighted by Gasteiger charge is 2.19. The molecule has 0 aliphatic heterocycles. The van der Waals surface area contributed by atoms with Gasteiger partial charge in [0.15, 0.2) is 0 Å². The largest absolute Gasteiger partial charge is 0.370 e. The van der Waals surface area contributed by atoms with Crippen LogP contribution in [0.5, 0.6) is 0 Å². The summed E-state index contributed by atoms with van der Waals surface area (Å²) in [4.78, 5) is 10.9. The van der Waals surface area contributed by atoms with E-state index in [1.165, 1.54) is 11.1 Å². The first-order valence-corrected chi connectivity index (χ1v) is 6.38. The van der Waals surface area contributed by atoms with E-state index >= 15 is 0 Å². The minimum Gasteiger partial charge on any atom is -0.370 e. The Morgan fingerprint density at radius 2 is 2.12 bits per heavy atom. The molecule has 1 rings (SSSR count). The molecule has 0 unspecified atom stereocenters. The molecule has 0 fully saturated rings. The summed E-state index contributed by atoms with van der Waals surface area (Å²) in [6, 6.07) is 6.23. The van der Waals surface area contributed by atoms with Crippen molar-refractivity contribution in [3.8, 4) is 0 Å². The van der Waals surface area contributed by atoms with Crippen LogP contribution in [0.1, 0.15) is 31.4 Å². The molecule has 0 spiro atoms. The monoisotopic (exact) mass is 298 g/mol. The van der Waals surface area contributed by atoms with Gasteiger partial charge in [0.25, 0.3) is 0 Å². The number of benzene rings is 1. The molecule has 3 N–H and O–H groups in total. The third kappa shape index (κ3) is 4.88. The molecule has 1 amide bonds. The molecular weight excluding hydrogens is 280 g/mol. The Balaban J connectivity index is 2.64. The molecule has 17 heavy (non-hydrogen) atoms. The van der Waals surface area contributed by atoms with E-state index in [0.717, 1.165) is 4.47 Å². The van der Waals surface area contributed by atoms with Crippen molar-refractivity contribution in [2.45, 2.75) is 39.3 Å². The van der Waals surface area contributed by atoms with Crippen molar-refractivity contribution in [1.29, 1.82) is 0 Å². The zero-order chi connectivity index (χ0) is 13.1. The first kappa shape index (κ1) is 14.2. The van der Waals surface area contributed by atoms with E-state index in [9.17, 15) is 4.79 Å². The summed E-state index contributed by atoms with van der Waals surface area (Å²) in [5.41, 5.74) is 7.32. The summed E-state index contributed by atoms with van der Waals surface area (Å²) < 4.78 is 1.08. The summed E-state index contributed by atoms with van der Waals surface area (Å²) in [7, 11) is 0. The lowest BCUT2D eigenvalue weighted by atomic mass is 10.00. The van der Waals surface area contributed by atoms with Gasteiger partial charge in [0, 0.05) is 23.0 Å². The fourth-order valence-electron chi connectivity index (χ4n) is 1.63. The Bertz CT molecular complexity index is 416. The molecular formula is C13H19BrN2O. The summed E-state index contributed by atoms with van der Waals surface area (Å²) in [5.74, 6) is -0.287. The van der Waals surface area contributed by atoms with Crippen LogP contribution in [0, 0.1) is 6.92 Å². The van der Waals surface area contributed by atoms with Gasteiger partial charge in [0.1, 0.15) is 0 Å². The topological polar surface area (TPSA) is 55.1 Å². The van der Waals surface area contributed by atoms with E-state index < -0.39 is 0 Å². The number of hydrogen-bond donors (Lipinski definition) is 2. The van der Waals surface area contributed by atoms with Gasteiger partial charge in [-0.2, -0.15) is 0 Å². The summed E-state index contributed by atoms with van der Waals surface area (Å²) in [5, 5.41) is 3.34. The number of carbonyl (C=O) groups excluding carboxylic acids is 1. The third-order valence-corrected chi connectivity index (χ3v) is 3.32. The first-order valence-electron chi connectivity index (χ1n) is 5.58. The number of nitrogens with two attached hydrogens (primary N) is 1. The van der Waals surface area contributed by atoms with Gasteiger partial charge >= 0.3 is 0 Å². The SMILES string of the molecule is Cc1ccc(CNC(C)(C)CC(N)=O)c(Br)c1. The molecule has 0 heterocycles. The Morgan fingerprint density at radius 3 is 2.65 bits per heavy atom. The molecule has 0 aliphatic carbocycles. The number of primary amides is 1. The van der Waals surface area contributed by atoms with E-state index in [2.05, 4.69) is 46.4 Å². The summed E-state index contributed by atoms with van der Waals surface area (Å²) in [6.45, 7) is 6.71. The van der Waals surface area contributed by atoms with E-state index in [1.807, 2.05) is 13.8 Å². The maximum Gasteiger partial charge on any atom is 0.219 e. The minimum absolute atomic E-state index is 0.282. The maximum absolute atomic E-state index is 10.9. The molecule has 1 aromatic rings. The molecule has 1 aromatic carbocycles. The lowest BCUT2D eigenvalue weighted by Gasteiger charge is -2.25. The van der Waals surface area contributed by atoms with Crippen molar-refractivity contribution in [2.24, 2.45) is 5.73 Å². The highest BCUT2D eigenvalue weighted by molar-refractivity contribution is 9.10. The van der Waals surface area contributed by atoms with Crippen LogP contribution in [0.25, 0.3) is 0 Å². The van der Waals surface area contributed by atoms with Gasteiger partial charge < -0.3 is 11.1 Å². The number of nitrogens with one attached hydrogen (secondary N) is 1. The number of hydrogen-bond acceptors (Lipinski definition) is 2. The number of halogens is 1. The van der Waals surface area contributed by atoms with Gasteiger partial charge in [0.05, 0.1) is 0 Å². The van der Waals surface area contributed by atoms with Crippen LogP contribution < -0.4 is 11.1 Å². The van der Waals surface area contributed by atoms with E-state index in [0.29, 0.717) is 13.0 Å². The van der Waals surface area contributed by atoms with Crippen molar-refractivity contribution in [3.63, 3.8) is 0 Å². The molecule has 0 aliphatic rings. The van der Waals surface area contributed by atoms with Crippen LogP contribution in [0.4, 0.5) is 0 Å². The van der Waals surface area contributed by atoms with Crippen molar-refractivity contribution in [1.82, 2.24) is 5.32 Å². The zero-order valence-electron chi connectivity index (χ0n) is 10.5. The van der Waals surface area contributed by atoms with Gasteiger partial charge in [-0.3, -0.25) is 4.79 Å². The minimum atomic E-state index is -0.287. The predicted octanol–water partition coefficient (Wildman–Crippen LogP) is 2.50. The van der Waals surface area contributed by atoms with Gasteiger partial charge in [-0.25, -0.2) is 0 Å². The Kier molecular flexibility index (Phi) is 4.71. The highest BCUT2D eigenvalue weighted by Crippen LogP contribution is 2.19. The second-order valence-electron chi connectivity index (χ2n) is 4.98. The van der Waals surface area contributed by atoms with Crippen LogP contribution in [0.15, 0.2) is 22.7 Å². The lowest BCUT2D eigenvalue weighted by molar-refractivity contribution is -0.119. The van der Waals surface area contributed by atoms with E-state index in [1.54, 1.807) is 0 Å². The van der Waals surface area contributed by atoms with Gasteiger partial charge in [0.2, 0.25) is 5.91 Å². The standard InChI is InChI=1S/C13H19BrN2O/c1-9-4-5-10(11(14)6-9)8-16-13(2,3)7-12(15)17/h4-6,16H,7-8H2,1-3H3,(H2,15,17). The van der Waals surface area contributed by atoms with Crippen molar-refractivity contribution in [2.75, 3.05) is 0 Å². The van der Waals surface area contributed by atoms with Crippen LogP contribution in [-0.2, 0) is 11.3 Å². The molecule has 0 atom stereocenters. The second-order valence-corrected chi connectivity index (χ2v) is 5.83. The fraction of sp³-hybridized carbons (Fsp3) is 0.462. The Morgan fingerprint density at radius 1 is 1.47 bits per heavy atom. The average molecular weight is 299 g/mol. The van der Waals surface area contributed by atoms with E-state index in [-0.39, 0.29) is 11.4 Å². The second kappa shape index (κ2) is 5.65. The normalized spacial score (nSPS) is 11.5.